The van der Waals surface area contributed by atoms with Gasteiger partial charge in [0, 0.05) is 23.3 Å². The van der Waals surface area contributed by atoms with E-state index >= 15 is 0 Å². The molecular weight excluding hydrogens is 226 g/mol. The summed E-state index contributed by atoms with van der Waals surface area (Å²) in [6.45, 7) is 0.922. The lowest BCUT2D eigenvalue weighted by Crippen LogP contribution is -2.03. The predicted octanol–water partition coefficient (Wildman–Crippen LogP) is 3.22. The third kappa shape index (κ3) is 2.51. The molecule has 0 atom stereocenters. The maximum absolute atomic E-state index is 9.03. The van der Waals surface area contributed by atoms with Crippen LogP contribution in [0, 0.1) is 11.3 Å². The van der Waals surface area contributed by atoms with Gasteiger partial charge in [0.15, 0.2) is 0 Å². The Hall–Kier alpha value is -2.70. The standard InChI is InChI=1S/C13H11N5/c14-8-11-4-1-2-5-12(11)10-18-7-3-6-13(18)9-16-17-15/h1-7H,9-10H2. The van der Waals surface area contributed by atoms with Crippen molar-refractivity contribution in [3.05, 3.63) is 69.9 Å². The van der Waals surface area contributed by atoms with Gasteiger partial charge >= 0.3 is 0 Å². The fourth-order valence-electron chi connectivity index (χ4n) is 1.80. The van der Waals surface area contributed by atoms with Crippen molar-refractivity contribution >= 4 is 0 Å². The molecule has 0 saturated carbocycles. The van der Waals surface area contributed by atoms with Gasteiger partial charge in [-0.05, 0) is 29.3 Å². The summed E-state index contributed by atoms with van der Waals surface area (Å²) in [5, 5.41) is 12.6. The van der Waals surface area contributed by atoms with Crippen LogP contribution in [0.25, 0.3) is 10.4 Å². The van der Waals surface area contributed by atoms with Gasteiger partial charge in [0.05, 0.1) is 18.2 Å². The first kappa shape index (κ1) is 11.8. The molecule has 2 rings (SSSR count). The van der Waals surface area contributed by atoms with Gasteiger partial charge in [0.2, 0.25) is 0 Å². The molecule has 0 aliphatic carbocycles. The number of aromatic nitrogens is 1. The zero-order valence-corrected chi connectivity index (χ0v) is 9.69. The number of hydrogen-bond donors (Lipinski definition) is 0. The molecule has 1 aromatic heterocycles. The lowest BCUT2D eigenvalue weighted by Gasteiger charge is -2.08. The largest absolute Gasteiger partial charge is 0.347 e. The van der Waals surface area contributed by atoms with E-state index in [0.29, 0.717) is 18.7 Å². The van der Waals surface area contributed by atoms with Crippen molar-refractivity contribution in [2.75, 3.05) is 0 Å². The summed E-state index contributed by atoms with van der Waals surface area (Å²) in [6, 6.07) is 13.5. The van der Waals surface area contributed by atoms with E-state index in [2.05, 4.69) is 16.1 Å². The number of benzene rings is 1. The minimum Gasteiger partial charge on any atom is -0.347 e. The van der Waals surface area contributed by atoms with Crippen LogP contribution < -0.4 is 0 Å². The quantitative estimate of drug-likeness (QED) is 0.457. The van der Waals surface area contributed by atoms with Gasteiger partial charge in [0.1, 0.15) is 0 Å². The van der Waals surface area contributed by atoms with Crippen LogP contribution in [-0.2, 0) is 13.1 Å². The molecule has 2 aromatic rings. The first-order chi connectivity index (χ1) is 8.85. The molecule has 1 heterocycles. The zero-order valence-electron chi connectivity index (χ0n) is 9.69. The zero-order chi connectivity index (χ0) is 12.8. The van der Waals surface area contributed by atoms with Gasteiger partial charge in [-0.2, -0.15) is 5.26 Å². The normalized spacial score (nSPS) is 9.50. The summed E-state index contributed by atoms with van der Waals surface area (Å²) in [5.74, 6) is 0. The maximum atomic E-state index is 9.03. The summed E-state index contributed by atoms with van der Waals surface area (Å²) >= 11 is 0. The minimum absolute atomic E-state index is 0.318. The summed E-state index contributed by atoms with van der Waals surface area (Å²) < 4.78 is 1.98. The summed E-state index contributed by atoms with van der Waals surface area (Å²) in [7, 11) is 0. The third-order valence-electron chi connectivity index (χ3n) is 2.70. The van der Waals surface area contributed by atoms with Crippen molar-refractivity contribution in [1.82, 2.24) is 4.57 Å². The highest BCUT2D eigenvalue weighted by Gasteiger charge is 2.04. The van der Waals surface area contributed by atoms with Gasteiger partial charge in [-0.15, -0.1) is 0 Å². The second kappa shape index (κ2) is 5.58. The van der Waals surface area contributed by atoms with Crippen LogP contribution in [0.5, 0.6) is 0 Å². The Labute approximate surface area is 105 Å². The smallest absolute Gasteiger partial charge is 0.0995 e. The van der Waals surface area contributed by atoms with E-state index < -0.39 is 0 Å². The molecule has 0 amide bonds. The summed E-state index contributed by atoms with van der Waals surface area (Å²) in [4.78, 5) is 2.75. The van der Waals surface area contributed by atoms with E-state index in [-0.39, 0.29) is 0 Å². The van der Waals surface area contributed by atoms with Crippen molar-refractivity contribution in [2.45, 2.75) is 13.1 Å². The maximum Gasteiger partial charge on any atom is 0.0995 e. The fraction of sp³-hybridized carbons (Fsp3) is 0.154. The lowest BCUT2D eigenvalue weighted by atomic mass is 10.1. The molecule has 0 N–H and O–H groups in total. The molecule has 88 valence electrons. The highest BCUT2D eigenvalue weighted by molar-refractivity contribution is 5.37. The molecule has 0 aliphatic heterocycles. The van der Waals surface area contributed by atoms with Gasteiger partial charge in [-0.25, -0.2) is 0 Å². The van der Waals surface area contributed by atoms with Gasteiger partial charge in [-0.3, -0.25) is 0 Å². The average molecular weight is 237 g/mol. The average Bonchev–Trinajstić information content (AvgIpc) is 2.84. The molecule has 5 nitrogen and oxygen atoms in total. The number of nitrogens with zero attached hydrogens (tertiary/aromatic N) is 5. The number of hydrogen-bond acceptors (Lipinski definition) is 2. The van der Waals surface area contributed by atoms with Crippen LogP contribution in [0.3, 0.4) is 0 Å². The second-order valence-electron chi connectivity index (χ2n) is 3.79. The second-order valence-corrected chi connectivity index (χ2v) is 3.79. The van der Waals surface area contributed by atoms with Crippen LogP contribution in [0.1, 0.15) is 16.8 Å². The molecule has 0 bridgehead atoms. The van der Waals surface area contributed by atoms with Crippen molar-refractivity contribution in [3.8, 4) is 6.07 Å². The lowest BCUT2D eigenvalue weighted by molar-refractivity contribution is 0.741. The van der Waals surface area contributed by atoms with Crippen LogP contribution in [0.2, 0.25) is 0 Å². The number of rotatable bonds is 4. The first-order valence-electron chi connectivity index (χ1n) is 5.48. The van der Waals surface area contributed by atoms with Gasteiger partial charge in [0.25, 0.3) is 0 Å². The van der Waals surface area contributed by atoms with E-state index in [4.69, 9.17) is 10.8 Å². The molecule has 5 heteroatoms. The first-order valence-corrected chi connectivity index (χ1v) is 5.48. The summed E-state index contributed by atoms with van der Waals surface area (Å²) in [5.41, 5.74) is 10.9. The van der Waals surface area contributed by atoms with Gasteiger partial charge in [-0.1, -0.05) is 23.3 Å². The number of azide groups is 1. The molecule has 18 heavy (non-hydrogen) atoms. The van der Waals surface area contributed by atoms with Crippen molar-refractivity contribution in [3.63, 3.8) is 0 Å². The predicted molar refractivity (Wildman–Crippen MR) is 67.5 cm³/mol. The Morgan fingerprint density at radius 2 is 2.11 bits per heavy atom. The molecule has 1 aromatic carbocycles. The molecule has 0 spiro atoms. The van der Waals surface area contributed by atoms with E-state index in [9.17, 15) is 0 Å². The number of nitriles is 1. The van der Waals surface area contributed by atoms with Crippen LogP contribution in [0.15, 0.2) is 47.7 Å². The molecule has 0 radical (unpaired) electrons. The molecule has 0 saturated heterocycles. The fourth-order valence-corrected chi connectivity index (χ4v) is 1.80. The van der Waals surface area contributed by atoms with Crippen LogP contribution >= 0.6 is 0 Å². The Morgan fingerprint density at radius 1 is 1.28 bits per heavy atom. The third-order valence-corrected chi connectivity index (χ3v) is 2.70. The minimum atomic E-state index is 0.318. The van der Waals surface area contributed by atoms with Crippen molar-refractivity contribution in [2.24, 2.45) is 5.11 Å². The topological polar surface area (TPSA) is 77.5 Å². The SMILES string of the molecule is N#Cc1ccccc1Cn1cccc1CN=[N+]=[N-]. The molecular formula is C13H11N5. The van der Waals surface area contributed by atoms with Crippen molar-refractivity contribution in [1.29, 1.82) is 5.26 Å². The summed E-state index contributed by atoms with van der Waals surface area (Å²) in [6.07, 6.45) is 1.91. The Balaban J connectivity index is 2.26. The molecule has 0 fully saturated rings. The van der Waals surface area contributed by atoms with E-state index in [0.717, 1.165) is 11.3 Å². The Kier molecular flexibility index (Phi) is 3.65. The van der Waals surface area contributed by atoms with E-state index in [1.807, 2.05) is 41.1 Å². The van der Waals surface area contributed by atoms with Crippen molar-refractivity contribution < 1.29 is 0 Å². The van der Waals surface area contributed by atoms with Crippen LogP contribution in [-0.4, -0.2) is 4.57 Å². The van der Waals surface area contributed by atoms with Crippen LogP contribution in [0.4, 0.5) is 0 Å². The molecule has 0 unspecified atom stereocenters. The monoisotopic (exact) mass is 237 g/mol. The Morgan fingerprint density at radius 3 is 2.89 bits per heavy atom. The highest BCUT2D eigenvalue weighted by atomic mass is 15.1. The van der Waals surface area contributed by atoms with Gasteiger partial charge < -0.3 is 4.57 Å². The van der Waals surface area contributed by atoms with E-state index in [1.54, 1.807) is 6.07 Å². The molecule has 0 aliphatic rings. The van der Waals surface area contributed by atoms with E-state index in [1.165, 1.54) is 0 Å². The highest BCUT2D eigenvalue weighted by Crippen LogP contribution is 2.12. The Bertz CT molecular complexity index is 629.